The normalized spacial score (nSPS) is 12.3. The van der Waals surface area contributed by atoms with Crippen molar-refractivity contribution in [1.29, 1.82) is 0 Å². The van der Waals surface area contributed by atoms with E-state index in [4.69, 9.17) is 10.5 Å². The van der Waals surface area contributed by atoms with Gasteiger partial charge < -0.3 is 31.1 Å². The monoisotopic (exact) mass is 630 g/mol. The van der Waals surface area contributed by atoms with E-state index in [1.165, 1.54) is 0 Å². The molecule has 248 valence electrons. The predicted molar refractivity (Wildman–Crippen MR) is 181 cm³/mol. The van der Waals surface area contributed by atoms with Crippen molar-refractivity contribution < 1.29 is 24.2 Å². The lowest BCUT2D eigenvalue weighted by molar-refractivity contribution is -0.130. The molecule has 0 fully saturated rings. The molecule has 0 unspecified atom stereocenters. The van der Waals surface area contributed by atoms with E-state index in [-0.39, 0.29) is 37.6 Å². The minimum Gasteiger partial charge on any atom is -0.497 e. The summed E-state index contributed by atoms with van der Waals surface area (Å²) in [5, 5.41) is 17.6. The van der Waals surface area contributed by atoms with E-state index in [2.05, 4.69) is 10.6 Å². The number of amides is 3. The minimum absolute atomic E-state index is 0.0118. The number of carbonyl (C=O) groups is 3. The first kappa shape index (κ1) is 36.3. The van der Waals surface area contributed by atoms with Crippen LogP contribution in [0.1, 0.15) is 60.1 Å². The van der Waals surface area contributed by atoms with Crippen LogP contribution in [0.5, 0.6) is 5.75 Å². The smallest absolute Gasteiger partial charge is 0.226 e. The second-order valence-electron chi connectivity index (χ2n) is 12.0. The van der Waals surface area contributed by atoms with Gasteiger partial charge in [0.05, 0.1) is 38.5 Å². The summed E-state index contributed by atoms with van der Waals surface area (Å²) in [6.07, 6.45) is 1.52. The zero-order valence-corrected chi connectivity index (χ0v) is 27.7. The summed E-state index contributed by atoms with van der Waals surface area (Å²) >= 11 is 0. The van der Waals surface area contributed by atoms with Crippen molar-refractivity contribution in [3.63, 3.8) is 0 Å². The molecule has 0 bridgehead atoms. The average Bonchev–Trinajstić information content (AvgIpc) is 3.00. The van der Waals surface area contributed by atoms with Crippen molar-refractivity contribution >= 4 is 17.7 Å². The first-order valence-corrected chi connectivity index (χ1v) is 16.1. The molecular formula is C37H50N4O5. The molecule has 0 radical (unpaired) electrons. The zero-order chi connectivity index (χ0) is 33.5. The molecule has 0 saturated carbocycles. The van der Waals surface area contributed by atoms with Crippen LogP contribution in [0.2, 0.25) is 0 Å². The Kier molecular flexibility index (Phi) is 14.7. The van der Waals surface area contributed by atoms with Crippen molar-refractivity contribution in [3.05, 3.63) is 100 Å². The number of carbonyl (C=O) groups excluding carboxylic acids is 3. The van der Waals surface area contributed by atoms with Gasteiger partial charge in [0.2, 0.25) is 17.7 Å². The molecule has 0 aliphatic carbocycles. The number of aliphatic hydroxyl groups is 1. The van der Waals surface area contributed by atoms with E-state index >= 15 is 0 Å². The summed E-state index contributed by atoms with van der Waals surface area (Å²) in [5.41, 5.74) is 10.7. The molecule has 0 saturated heterocycles. The van der Waals surface area contributed by atoms with Gasteiger partial charge in [-0.15, -0.1) is 0 Å². The van der Waals surface area contributed by atoms with Gasteiger partial charge in [-0.1, -0.05) is 74.0 Å². The Morgan fingerprint density at radius 2 is 1.48 bits per heavy atom. The Labute approximate surface area is 273 Å². The van der Waals surface area contributed by atoms with Crippen LogP contribution in [0.4, 0.5) is 0 Å². The number of nitrogens with zero attached hydrogens (tertiary/aromatic N) is 1. The number of rotatable bonds is 19. The molecule has 3 aromatic rings. The number of nitrogens with one attached hydrogen (secondary N) is 2. The van der Waals surface area contributed by atoms with Gasteiger partial charge in [-0.3, -0.25) is 14.4 Å². The van der Waals surface area contributed by atoms with Gasteiger partial charge in [0.15, 0.2) is 0 Å². The number of hydrogen-bond donors (Lipinski definition) is 4. The number of ether oxygens (including phenoxy) is 1. The van der Waals surface area contributed by atoms with Gasteiger partial charge in [0.25, 0.3) is 0 Å². The topological polar surface area (TPSA) is 134 Å². The molecule has 0 aliphatic rings. The molecule has 0 spiro atoms. The molecule has 3 rings (SSSR count). The van der Waals surface area contributed by atoms with Gasteiger partial charge in [-0.2, -0.15) is 0 Å². The van der Waals surface area contributed by atoms with Gasteiger partial charge >= 0.3 is 0 Å². The Morgan fingerprint density at radius 3 is 2.11 bits per heavy atom. The fourth-order valence-electron chi connectivity index (χ4n) is 5.64. The maximum Gasteiger partial charge on any atom is 0.226 e. The molecule has 3 aromatic carbocycles. The van der Waals surface area contributed by atoms with E-state index in [1.807, 2.05) is 86.3 Å². The third-order valence-corrected chi connectivity index (χ3v) is 7.72. The van der Waals surface area contributed by atoms with E-state index in [1.54, 1.807) is 13.2 Å². The number of methoxy groups -OCH3 is 1. The highest BCUT2D eigenvalue weighted by atomic mass is 16.5. The number of benzene rings is 3. The highest BCUT2D eigenvalue weighted by Crippen LogP contribution is 2.16. The summed E-state index contributed by atoms with van der Waals surface area (Å²) in [6, 6.07) is 20.6. The number of primary amides is 1. The van der Waals surface area contributed by atoms with Crippen molar-refractivity contribution in [3.8, 4) is 5.75 Å². The maximum atomic E-state index is 13.5. The SMILES string of the molecule is CCCN(CCC)C(=O)Cc1cc(CC(N)=O)cc(CC(=O)N[C@@H](Cc2cccc(C)c2)[C@H](O)CNCc2cccc(OC)c2)c1. The van der Waals surface area contributed by atoms with Crippen molar-refractivity contribution in [1.82, 2.24) is 15.5 Å². The van der Waals surface area contributed by atoms with Crippen LogP contribution in [-0.4, -0.2) is 66.6 Å². The van der Waals surface area contributed by atoms with Crippen LogP contribution in [0, 0.1) is 6.92 Å². The number of aryl methyl sites for hydroxylation is 1. The second-order valence-corrected chi connectivity index (χ2v) is 12.0. The third kappa shape index (κ3) is 12.3. The highest BCUT2D eigenvalue weighted by Gasteiger charge is 2.23. The van der Waals surface area contributed by atoms with Gasteiger partial charge in [-0.05, 0) is 66.1 Å². The number of aliphatic hydroxyl groups excluding tert-OH is 1. The lowest BCUT2D eigenvalue weighted by Crippen LogP contribution is -2.49. The van der Waals surface area contributed by atoms with Crippen LogP contribution in [0.15, 0.2) is 66.7 Å². The van der Waals surface area contributed by atoms with Crippen LogP contribution in [0.3, 0.4) is 0 Å². The zero-order valence-electron chi connectivity index (χ0n) is 27.7. The van der Waals surface area contributed by atoms with E-state index < -0.39 is 18.1 Å². The Hall–Kier alpha value is -4.21. The van der Waals surface area contributed by atoms with Gasteiger partial charge in [0.1, 0.15) is 5.75 Å². The largest absolute Gasteiger partial charge is 0.497 e. The predicted octanol–water partition coefficient (Wildman–Crippen LogP) is 3.64. The quantitative estimate of drug-likeness (QED) is 0.160. The van der Waals surface area contributed by atoms with Crippen molar-refractivity contribution in [2.75, 3.05) is 26.7 Å². The second kappa shape index (κ2) is 18.7. The molecule has 0 aliphatic heterocycles. The maximum absolute atomic E-state index is 13.5. The number of hydrogen-bond acceptors (Lipinski definition) is 6. The van der Waals surface area contributed by atoms with Crippen molar-refractivity contribution in [2.24, 2.45) is 5.73 Å². The van der Waals surface area contributed by atoms with Crippen LogP contribution in [-0.2, 0) is 46.6 Å². The first-order chi connectivity index (χ1) is 22.1. The lowest BCUT2D eigenvalue weighted by atomic mass is 9.97. The molecule has 3 amide bonds. The Bertz CT molecular complexity index is 1440. The molecule has 2 atom stereocenters. The molecule has 0 heterocycles. The molecular weight excluding hydrogens is 580 g/mol. The Morgan fingerprint density at radius 1 is 0.848 bits per heavy atom. The summed E-state index contributed by atoms with van der Waals surface area (Å²) in [5.74, 6) is 0.0195. The standard InChI is InChI=1S/C37H50N4O5/c1-5-13-41(14-6-2)37(45)23-31-17-29(21-35(38)43)16-30(18-31)22-36(44)40-33(20-27-10-7-9-26(3)15-27)34(42)25-39-24-28-11-8-12-32(19-28)46-4/h7-12,15-19,33-34,39,42H,5-6,13-14,20-25H2,1-4H3,(H2,38,43)(H,40,44)/t33-,34+/m0/s1. The fourth-order valence-corrected chi connectivity index (χ4v) is 5.64. The summed E-state index contributed by atoms with van der Waals surface area (Å²) < 4.78 is 5.31. The molecule has 9 heteroatoms. The lowest BCUT2D eigenvalue weighted by Gasteiger charge is -2.25. The highest BCUT2D eigenvalue weighted by molar-refractivity contribution is 5.81. The molecule has 5 N–H and O–H groups in total. The summed E-state index contributed by atoms with van der Waals surface area (Å²) in [7, 11) is 1.62. The van der Waals surface area contributed by atoms with Gasteiger partial charge in [-0.25, -0.2) is 0 Å². The first-order valence-electron chi connectivity index (χ1n) is 16.1. The summed E-state index contributed by atoms with van der Waals surface area (Å²) in [4.78, 5) is 40.2. The van der Waals surface area contributed by atoms with Crippen LogP contribution in [0.25, 0.3) is 0 Å². The minimum atomic E-state index is -0.868. The summed E-state index contributed by atoms with van der Waals surface area (Å²) in [6.45, 7) is 8.25. The fraction of sp³-hybridized carbons (Fsp3) is 0.432. The van der Waals surface area contributed by atoms with Crippen LogP contribution < -0.4 is 21.1 Å². The van der Waals surface area contributed by atoms with Crippen LogP contribution >= 0.6 is 0 Å². The third-order valence-electron chi connectivity index (χ3n) is 7.72. The molecule has 46 heavy (non-hydrogen) atoms. The average molecular weight is 631 g/mol. The Balaban J connectivity index is 1.75. The van der Waals surface area contributed by atoms with E-state index in [0.717, 1.165) is 40.8 Å². The number of nitrogens with two attached hydrogens (primary N) is 1. The van der Waals surface area contributed by atoms with E-state index in [9.17, 15) is 19.5 Å². The van der Waals surface area contributed by atoms with Gasteiger partial charge in [0, 0.05) is 26.2 Å². The van der Waals surface area contributed by atoms with Crippen molar-refractivity contribution in [2.45, 2.75) is 78.0 Å². The molecule has 9 nitrogen and oxygen atoms in total. The molecule has 0 aromatic heterocycles. The van der Waals surface area contributed by atoms with E-state index in [0.29, 0.717) is 37.2 Å².